The zero-order valence-electron chi connectivity index (χ0n) is 13.0. The maximum atomic E-state index is 12.4. The van der Waals surface area contributed by atoms with Crippen molar-refractivity contribution in [2.45, 2.75) is 51.5 Å². The third-order valence-electron chi connectivity index (χ3n) is 4.63. The van der Waals surface area contributed by atoms with Gasteiger partial charge in [-0.3, -0.25) is 4.79 Å². The topological polar surface area (TPSA) is 59.3 Å². The van der Waals surface area contributed by atoms with Crippen LogP contribution in [-0.4, -0.2) is 15.6 Å². The number of aromatic nitrogens is 1. The van der Waals surface area contributed by atoms with Gasteiger partial charge in [-0.2, -0.15) is 0 Å². The van der Waals surface area contributed by atoms with E-state index >= 15 is 0 Å². The molecular weight excluding hydrogens is 278 g/mol. The number of fused-ring (bicyclic) bond motifs is 1. The number of hydrogen-bond donors (Lipinski definition) is 1. The lowest BCUT2D eigenvalue weighted by molar-refractivity contribution is 0.0682. The van der Waals surface area contributed by atoms with Gasteiger partial charge in [-0.25, -0.2) is 4.79 Å². The van der Waals surface area contributed by atoms with Crippen LogP contribution in [0.5, 0.6) is 0 Å². The fourth-order valence-corrected chi connectivity index (χ4v) is 3.59. The largest absolute Gasteiger partial charge is 0.477 e. The van der Waals surface area contributed by atoms with Crippen LogP contribution in [-0.2, 0) is 0 Å². The van der Waals surface area contributed by atoms with Crippen molar-refractivity contribution in [2.24, 2.45) is 0 Å². The van der Waals surface area contributed by atoms with Crippen LogP contribution in [0.2, 0.25) is 0 Å². The normalized spacial score (nSPS) is 15.8. The van der Waals surface area contributed by atoms with E-state index in [1.165, 1.54) is 6.07 Å². The molecule has 0 unspecified atom stereocenters. The van der Waals surface area contributed by atoms with E-state index in [0.717, 1.165) is 36.8 Å². The minimum absolute atomic E-state index is 0.123. The summed E-state index contributed by atoms with van der Waals surface area (Å²) in [4.78, 5) is 24.1. The van der Waals surface area contributed by atoms with Crippen LogP contribution in [0.1, 0.15) is 67.5 Å². The lowest BCUT2D eigenvalue weighted by atomic mass is 9.98. The van der Waals surface area contributed by atoms with E-state index in [4.69, 9.17) is 0 Å². The first kappa shape index (κ1) is 14.8. The number of carboxylic acids is 1. The molecule has 1 heterocycles. The van der Waals surface area contributed by atoms with Gasteiger partial charge in [-0.05, 0) is 30.4 Å². The van der Waals surface area contributed by atoms with Crippen molar-refractivity contribution in [3.63, 3.8) is 0 Å². The molecule has 0 radical (unpaired) electrons. The van der Waals surface area contributed by atoms with Gasteiger partial charge in [0.05, 0.1) is 5.52 Å². The molecule has 1 aromatic carbocycles. The average molecular weight is 299 g/mol. The third kappa shape index (κ3) is 2.32. The quantitative estimate of drug-likeness (QED) is 0.934. The number of pyridine rings is 1. The van der Waals surface area contributed by atoms with Crippen molar-refractivity contribution in [3.05, 3.63) is 45.7 Å². The molecule has 1 fully saturated rings. The summed E-state index contributed by atoms with van der Waals surface area (Å²) in [6.45, 7) is 4.15. The van der Waals surface area contributed by atoms with Gasteiger partial charge in [0.2, 0.25) is 0 Å². The molecule has 3 rings (SSSR count). The van der Waals surface area contributed by atoms with Gasteiger partial charge < -0.3 is 9.67 Å². The molecule has 1 aromatic heterocycles. The standard InChI is InChI=1S/C18H21NO3/c1-11(2)13-8-5-9-14-16(20)10-15(18(21)22)19(17(13)14)12-6-3-4-7-12/h5,8-12H,3-4,6-7H2,1-2H3,(H,21,22). The Morgan fingerprint density at radius 1 is 1.27 bits per heavy atom. The highest BCUT2D eigenvalue weighted by Crippen LogP contribution is 2.35. The van der Waals surface area contributed by atoms with Crippen LogP contribution in [0, 0.1) is 0 Å². The van der Waals surface area contributed by atoms with Crippen molar-refractivity contribution in [2.75, 3.05) is 0 Å². The molecule has 4 nitrogen and oxygen atoms in total. The van der Waals surface area contributed by atoms with Crippen LogP contribution in [0.15, 0.2) is 29.1 Å². The Bertz CT molecular complexity index is 783. The number of hydrogen-bond acceptors (Lipinski definition) is 2. The zero-order chi connectivity index (χ0) is 15.9. The molecule has 0 spiro atoms. The van der Waals surface area contributed by atoms with Gasteiger partial charge in [0.25, 0.3) is 0 Å². The van der Waals surface area contributed by atoms with E-state index in [1.54, 1.807) is 6.07 Å². The second-order valence-corrected chi connectivity index (χ2v) is 6.41. The molecule has 116 valence electrons. The highest BCUT2D eigenvalue weighted by atomic mass is 16.4. The first-order chi connectivity index (χ1) is 10.5. The molecule has 22 heavy (non-hydrogen) atoms. The molecular formula is C18H21NO3. The molecule has 0 aliphatic heterocycles. The van der Waals surface area contributed by atoms with Gasteiger partial charge in [-0.1, -0.05) is 38.8 Å². The fourth-order valence-electron chi connectivity index (χ4n) is 3.59. The van der Waals surface area contributed by atoms with Gasteiger partial charge in [0.15, 0.2) is 5.43 Å². The summed E-state index contributed by atoms with van der Waals surface area (Å²) in [5, 5.41) is 10.2. The van der Waals surface area contributed by atoms with E-state index in [1.807, 2.05) is 16.7 Å². The predicted molar refractivity (Wildman–Crippen MR) is 86.8 cm³/mol. The van der Waals surface area contributed by atoms with Crippen molar-refractivity contribution in [1.82, 2.24) is 4.57 Å². The number of para-hydroxylation sites is 1. The molecule has 4 heteroatoms. The number of carbonyl (C=O) groups is 1. The summed E-state index contributed by atoms with van der Waals surface area (Å²) in [6.07, 6.45) is 4.18. The van der Waals surface area contributed by atoms with Gasteiger partial charge in [0, 0.05) is 17.5 Å². The first-order valence-corrected chi connectivity index (χ1v) is 7.92. The second kappa shape index (κ2) is 5.59. The molecule has 0 atom stereocenters. The second-order valence-electron chi connectivity index (χ2n) is 6.41. The SMILES string of the molecule is CC(C)c1cccc2c(=O)cc(C(=O)O)n(C3CCCC3)c12. The van der Waals surface area contributed by atoms with E-state index in [2.05, 4.69) is 13.8 Å². The monoisotopic (exact) mass is 299 g/mol. The lowest BCUT2D eigenvalue weighted by Gasteiger charge is -2.23. The summed E-state index contributed by atoms with van der Waals surface area (Å²) in [7, 11) is 0. The summed E-state index contributed by atoms with van der Waals surface area (Å²) >= 11 is 0. The highest BCUT2D eigenvalue weighted by Gasteiger charge is 2.25. The summed E-state index contributed by atoms with van der Waals surface area (Å²) in [5.41, 5.74) is 1.78. The zero-order valence-corrected chi connectivity index (χ0v) is 13.0. The Kier molecular flexibility index (Phi) is 3.77. The number of carboxylic acid groups (broad SMARTS) is 1. The van der Waals surface area contributed by atoms with Crippen LogP contribution in [0.3, 0.4) is 0 Å². The van der Waals surface area contributed by atoms with Crippen molar-refractivity contribution in [3.8, 4) is 0 Å². The van der Waals surface area contributed by atoms with Crippen LogP contribution in [0.4, 0.5) is 0 Å². The maximum absolute atomic E-state index is 12.4. The van der Waals surface area contributed by atoms with Crippen LogP contribution in [0.25, 0.3) is 10.9 Å². The van der Waals surface area contributed by atoms with E-state index in [0.29, 0.717) is 5.39 Å². The van der Waals surface area contributed by atoms with E-state index in [-0.39, 0.29) is 23.1 Å². The highest BCUT2D eigenvalue weighted by molar-refractivity contribution is 5.92. The smallest absolute Gasteiger partial charge is 0.352 e. The Morgan fingerprint density at radius 2 is 1.95 bits per heavy atom. The van der Waals surface area contributed by atoms with Gasteiger partial charge in [-0.15, -0.1) is 0 Å². The molecule has 1 aliphatic carbocycles. The summed E-state index contributed by atoms with van der Waals surface area (Å²) < 4.78 is 1.92. The van der Waals surface area contributed by atoms with Crippen molar-refractivity contribution >= 4 is 16.9 Å². The first-order valence-electron chi connectivity index (χ1n) is 7.92. The molecule has 2 aromatic rings. The number of aromatic carboxylic acids is 1. The summed E-state index contributed by atoms with van der Waals surface area (Å²) in [6, 6.07) is 7.16. The maximum Gasteiger partial charge on any atom is 0.352 e. The molecule has 0 saturated heterocycles. The van der Waals surface area contributed by atoms with Gasteiger partial charge >= 0.3 is 5.97 Å². The van der Waals surface area contributed by atoms with Crippen LogP contribution < -0.4 is 5.43 Å². The predicted octanol–water partition coefficient (Wildman–Crippen LogP) is 3.94. The van der Waals surface area contributed by atoms with E-state index in [9.17, 15) is 14.7 Å². The molecule has 1 saturated carbocycles. The Balaban J connectivity index is 2.45. The molecule has 1 N–H and O–H groups in total. The van der Waals surface area contributed by atoms with Gasteiger partial charge in [0.1, 0.15) is 5.69 Å². The Morgan fingerprint density at radius 3 is 2.55 bits per heavy atom. The number of nitrogens with zero attached hydrogens (tertiary/aromatic N) is 1. The minimum Gasteiger partial charge on any atom is -0.477 e. The minimum atomic E-state index is -1.02. The Labute approximate surface area is 129 Å². The molecule has 1 aliphatic rings. The van der Waals surface area contributed by atoms with Crippen molar-refractivity contribution < 1.29 is 9.90 Å². The Hall–Kier alpha value is -2.10. The number of rotatable bonds is 3. The molecule has 0 amide bonds. The number of benzene rings is 1. The van der Waals surface area contributed by atoms with Crippen LogP contribution >= 0.6 is 0 Å². The third-order valence-corrected chi connectivity index (χ3v) is 4.63. The summed E-state index contributed by atoms with van der Waals surface area (Å²) in [5.74, 6) is -0.788. The fraction of sp³-hybridized carbons (Fsp3) is 0.444. The average Bonchev–Trinajstić information content (AvgIpc) is 3.00. The molecule has 0 bridgehead atoms. The lowest BCUT2D eigenvalue weighted by Crippen LogP contribution is -2.22. The van der Waals surface area contributed by atoms with Crippen molar-refractivity contribution in [1.29, 1.82) is 0 Å². The van der Waals surface area contributed by atoms with E-state index < -0.39 is 5.97 Å².